The summed E-state index contributed by atoms with van der Waals surface area (Å²) >= 11 is 1.44. The predicted molar refractivity (Wildman–Crippen MR) is 79.6 cm³/mol. The zero-order valence-electron chi connectivity index (χ0n) is 12.2. The molecule has 0 fully saturated rings. The van der Waals surface area contributed by atoms with Crippen LogP contribution >= 0.6 is 11.3 Å². The van der Waals surface area contributed by atoms with Gasteiger partial charge in [-0.15, -0.1) is 11.3 Å². The fraction of sp³-hybridized carbons (Fsp3) is 0.375. The third kappa shape index (κ3) is 4.43. The Morgan fingerprint density at radius 2 is 1.76 bits per heavy atom. The Morgan fingerprint density at radius 3 is 2.29 bits per heavy atom. The molecule has 2 aromatic rings. The molecule has 112 valence electrons. The van der Waals surface area contributed by atoms with Crippen molar-refractivity contribution in [3.8, 4) is 0 Å². The van der Waals surface area contributed by atoms with Gasteiger partial charge in [0.15, 0.2) is 0 Å². The smallest absolute Gasteiger partial charge is 0.144 e. The standard InChI is InChI=1S/C16H17F2NOS/c1-16(2,3)14-9-21-15(19-14)8-13(20)6-10-4-11(17)7-12(18)5-10/h4-5,7,9H,6,8H2,1-3H3. The Bertz CT molecular complexity index is 638. The van der Waals surface area contributed by atoms with Gasteiger partial charge in [-0.2, -0.15) is 0 Å². The van der Waals surface area contributed by atoms with Gasteiger partial charge in [-0.25, -0.2) is 13.8 Å². The first-order valence-electron chi connectivity index (χ1n) is 6.65. The van der Waals surface area contributed by atoms with E-state index in [0.717, 1.165) is 16.8 Å². The molecule has 1 aromatic heterocycles. The number of carbonyl (C=O) groups is 1. The van der Waals surface area contributed by atoms with E-state index in [9.17, 15) is 13.6 Å². The number of benzene rings is 1. The average Bonchev–Trinajstić information content (AvgIpc) is 2.75. The monoisotopic (exact) mass is 309 g/mol. The van der Waals surface area contributed by atoms with Gasteiger partial charge in [-0.05, 0) is 17.7 Å². The lowest BCUT2D eigenvalue weighted by Gasteiger charge is -2.14. The molecule has 0 atom stereocenters. The average molecular weight is 309 g/mol. The maximum absolute atomic E-state index is 13.1. The van der Waals surface area contributed by atoms with Crippen molar-refractivity contribution in [2.24, 2.45) is 0 Å². The van der Waals surface area contributed by atoms with Gasteiger partial charge in [0.2, 0.25) is 0 Å². The molecule has 2 rings (SSSR count). The summed E-state index contributed by atoms with van der Waals surface area (Å²) in [5, 5.41) is 2.69. The summed E-state index contributed by atoms with van der Waals surface area (Å²) < 4.78 is 26.2. The molecule has 0 aliphatic carbocycles. The topological polar surface area (TPSA) is 30.0 Å². The Balaban J connectivity index is 2.03. The normalized spacial score (nSPS) is 11.7. The van der Waals surface area contributed by atoms with Crippen molar-refractivity contribution in [2.45, 2.75) is 39.0 Å². The van der Waals surface area contributed by atoms with Crippen molar-refractivity contribution >= 4 is 17.1 Å². The van der Waals surface area contributed by atoms with Crippen LogP contribution in [0.3, 0.4) is 0 Å². The highest BCUT2D eigenvalue weighted by Crippen LogP contribution is 2.24. The van der Waals surface area contributed by atoms with Gasteiger partial charge in [0, 0.05) is 23.3 Å². The number of ketones is 1. The minimum Gasteiger partial charge on any atom is -0.299 e. The van der Waals surface area contributed by atoms with Crippen LogP contribution in [0.5, 0.6) is 0 Å². The van der Waals surface area contributed by atoms with Gasteiger partial charge in [0.05, 0.1) is 12.1 Å². The maximum Gasteiger partial charge on any atom is 0.144 e. The Hall–Kier alpha value is -1.62. The van der Waals surface area contributed by atoms with E-state index < -0.39 is 11.6 Å². The molecule has 0 aliphatic heterocycles. The minimum absolute atomic E-state index is 0.0130. The second-order valence-corrected chi connectivity index (χ2v) is 6.99. The zero-order chi connectivity index (χ0) is 15.6. The first kappa shape index (κ1) is 15.8. The first-order chi connectivity index (χ1) is 9.74. The summed E-state index contributed by atoms with van der Waals surface area (Å²) in [6.45, 7) is 6.18. The number of carbonyl (C=O) groups excluding carboxylic acids is 1. The van der Waals surface area contributed by atoms with Crippen LogP contribution in [0, 0.1) is 11.6 Å². The molecule has 5 heteroatoms. The number of thiazole rings is 1. The van der Waals surface area contributed by atoms with Crippen LogP contribution in [0.15, 0.2) is 23.6 Å². The van der Waals surface area contributed by atoms with Gasteiger partial charge in [-0.3, -0.25) is 4.79 Å². The fourth-order valence-corrected chi connectivity index (χ4v) is 2.96. The molecular formula is C16H17F2NOS. The second-order valence-electron chi connectivity index (χ2n) is 6.05. The highest BCUT2D eigenvalue weighted by molar-refractivity contribution is 7.09. The van der Waals surface area contributed by atoms with Crippen LogP contribution in [-0.4, -0.2) is 10.8 Å². The van der Waals surface area contributed by atoms with Crippen LogP contribution in [0.4, 0.5) is 8.78 Å². The summed E-state index contributed by atoms with van der Waals surface area (Å²) in [6, 6.07) is 3.16. The molecule has 21 heavy (non-hydrogen) atoms. The highest BCUT2D eigenvalue weighted by Gasteiger charge is 2.18. The summed E-state index contributed by atoms with van der Waals surface area (Å²) in [5.41, 5.74) is 1.25. The third-order valence-corrected chi connectivity index (χ3v) is 3.84. The van der Waals surface area contributed by atoms with E-state index in [4.69, 9.17) is 0 Å². The lowest BCUT2D eigenvalue weighted by Crippen LogP contribution is -2.12. The summed E-state index contributed by atoms with van der Waals surface area (Å²) in [5.74, 6) is -1.43. The van der Waals surface area contributed by atoms with E-state index in [2.05, 4.69) is 25.8 Å². The molecule has 1 aromatic carbocycles. The molecule has 0 amide bonds. The van der Waals surface area contributed by atoms with Crippen molar-refractivity contribution in [3.05, 3.63) is 51.5 Å². The van der Waals surface area contributed by atoms with Gasteiger partial charge in [0.1, 0.15) is 22.4 Å². The molecule has 0 saturated heterocycles. The number of halogens is 2. The number of hydrogen-bond donors (Lipinski definition) is 0. The molecule has 1 heterocycles. The van der Waals surface area contributed by atoms with E-state index in [0.29, 0.717) is 5.56 Å². The number of nitrogens with zero attached hydrogens (tertiary/aromatic N) is 1. The van der Waals surface area contributed by atoms with E-state index in [1.807, 2.05) is 5.38 Å². The zero-order valence-corrected chi connectivity index (χ0v) is 13.1. The molecule has 0 aliphatic rings. The van der Waals surface area contributed by atoms with Crippen molar-refractivity contribution in [2.75, 3.05) is 0 Å². The predicted octanol–water partition coefficient (Wildman–Crippen LogP) is 4.07. The molecule has 0 N–H and O–H groups in total. The van der Waals surface area contributed by atoms with Crippen LogP contribution in [0.25, 0.3) is 0 Å². The SMILES string of the molecule is CC(C)(C)c1csc(CC(=O)Cc2cc(F)cc(F)c2)n1. The molecule has 2 nitrogen and oxygen atoms in total. The Kier molecular flexibility index (Phi) is 4.52. The van der Waals surface area contributed by atoms with E-state index >= 15 is 0 Å². The lowest BCUT2D eigenvalue weighted by atomic mass is 9.93. The maximum atomic E-state index is 13.1. The number of aromatic nitrogens is 1. The van der Waals surface area contributed by atoms with Gasteiger partial charge in [-0.1, -0.05) is 20.8 Å². The second kappa shape index (κ2) is 6.02. The summed E-state index contributed by atoms with van der Waals surface area (Å²) in [7, 11) is 0. The number of Topliss-reactive ketones (excluding diaryl/α,β-unsaturated/α-hetero) is 1. The Labute approximate surface area is 126 Å². The fourth-order valence-electron chi connectivity index (χ4n) is 1.91. The third-order valence-electron chi connectivity index (χ3n) is 2.99. The first-order valence-corrected chi connectivity index (χ1v) is 7.53. The molecule has 0 spiro atoms. The molecular weight excluding hydrogens is 292 g/mol. The van der Waals surface area contributed by atoms with Gasteiger partial charge >= 0.3 is 0 Å². The number of hydrogen-bond acceptors (Lipinski definition) is 3. The summed E-state index contributed by atoms with van der Waals surface area (Å²) in [6.07, 6.45) is 0.206. The molecule has 0 saturated carbocycles. The van der Waals surface area contributed by atoms with Crippen molar-refractivity contribution in [1.29, 1.82) is 0 Å². The van der Waals surface area contributed by atoms with E-state index in [1.165, 1.54) is 23.5 Å². The van der Waals surface area contributed by atoms with Gasteiger partial charge in [0.25, 0.3) is 0 Å². The molecule has 0 bridgehead atoms. The molecule has 0 unspecified atom stereocenters. The minimum atomic E-state index is -0.665. The van der Waals surface area contributed by atoms with Gasteiger partial charge < -0.3 is 0 Å². The van der Waals surface area contributed by atoms with Crippen molar-refractivity contribution in [3.63, 3.8) is 0 Å². The van der Waals surface area contributed by atoms with Crippen LogP contribution < -0.4 is 0 Å². The van der Waals surface area contributed by atoms with E-state index in [1.54, 1.807) is 0 Å². The highest BCUT2D eigenvalue weighted by atomic mass is 32.1. The Morgan fingerprint density at radius 1 is 1.14 bits per heavy atom. The van der Waals surface area contributed by atoms with Crippen LogP contribution in [0.1, 0.15) is 37.0 Å². The van der Waals surface area contributed by atoms with E-state index in [-0.39, 0.29) is 24.0 Å². The van der Waals surface area contributed by atoms with Crippen molar-refractivity contribution < 1.29 is 13.6 Å². The molecule has 0 radical (unpaired) electrons. The lowest BCUT2D eigenvalue weighted by molar-refractivity contribution is -0.117. The largest absolute Gasteiger partial charge is 0.299 e. The summed E-state index contributed by atoms with van der Waals surface area (Å²) in [4.78, 5) is 16.4. The van der Waals surface area contributed by atoms with Crippen LogP contribution in [-0.2, 0) is 23.1 Å². The number of rotatable bonds is 4. The van der Waals surface area contributed by atoms with Crippen molar-refractivity contribution in [1.82, 2.24) is 4.98 Å². The quantitative estimate of drug-likeness (QED) is 0.852. The van der Waals surface area contributed by atoms with Crippen LogP contribution in [0.2, 0.25) is 0 Å².